The lowest BCUT2D eigenvalue weighted by atomic mass is 9.99. The second kappa shape index (κ2) is 36.5. The van der Waals surface area contributed by atoms with Gasteiger partial charge in [-0.05, 0) is 111 Å². The molecule has 528 valence electrons. The SMILES string of the molecule is CC(C)C[C@H](NC(=O)[C@@H](Cc1cccnc1)NC(=O)[C@H](Cc1ccc(O)cc1)NC(=O)[C@H](CO)NC(=O)[C@H](Cc1ccc(Nc2n[nH]c(N)n2)cc1)NC(=O)[C@H](Cc1cnc[nH]1)NC(=O)[C@@H]1CCC(=O)N1)C(=O)N[C@@H](CCCCNC(C)C)C(=O)N1CCC[C@H]1C(=O)N[C@H](C)C(N)=O. The molecule has 19 N–H and O–H groups in total. The summed E-state index contributed by atoms with van der Waals surface area (Å²) in [6, 6.07) is 2.47. The molecule has 2 saturated heterocycles. The standard InChI is InChI=1S/C65H90N20O13/c1-35(2)26-46(56(91)75-45(11-6-7-24-70-36(3)4)63(98)85-25-9-12-52(85)62(97)72-37(5)54(66)89)76-58(93)49(29-40-10-8-23-68-31-40)78-57(92)47(28-39-15-19-43(87)20-16-39)79-61(96)51(33-86)81-59(94)48(27-38-13-17-41(18-14-38)73-65-82-64(67)83-84-65)77-60(95)50(30-42-32-69-34-71-42)80-55(90)44-21-22-53(88)74-44/h8,10,13-20,23,31-32,34-37,44-52,70,86-87H,6-7,9,11-12,21-22,24-30,33H2,1-5H3,(H2,66,89)(H,69,71)(H,72,97)(H,74,88)(H,75,91)(H,76,93)(H,77,95)(H,78,92)(H,79,96)(H,80,90)(H,81,94)(H4,67,73,82,83,84)/t37-,44+,45+,46+,47+,48+,49-,50+,51+,52+/m1/s1. The fourth-order valence-corrected chi connectivity index (χ4v) is 11.1. The number of carbonyl (C=O) groups is 11. The van der Waals surface area contributed by atoms with Gasteiger partial charge in [0.25, 0.3) is 0 Å². The van der Waals surface area contributed by atoms with Crippen LogP contribution in [-0.4, -0.2) is 196 Å². The molecule has 7 rings (SSSR count). The fraction of sp³-hybridized carbons (Fsp3) is 0.492. The number of aromatic hydroxyl groups is 1. The number of rotatable bonds is 37. The van der Waals surface area contributed by atoms with Crippen LogP contribution < -0.4 is 70.0 Å². The number of anilines is 3. The number of benzene rings is 2. The predicted octanol–water partition coefficient (Wildman–Crippen LogP) is -1.92. The van der Waals surface area contributed by atoms with E-state index in [9.17, 15) is 63.0 Å². The Morgan fingerprint density at radius 2 is 1.23 bits per heavy atom. The number of H-pyrrole nitrogens is 2. The van der Waals surface area contributed by atoms with Crippen molar-refractivity contribution in [2.75, 3.05) is 30.7 Å². The number of aliphatic hydroxyl groups excluding tert-OH is 1. The molecule has 33 heteroatoms. The second-order valence-electron chi connectivity index (χ2n) is 25.1. The van der Waals surface area contributed by atoms with Crippen molar-refractivity contribution in [3.63, 3.8) is 0 Å². The first kappa shape index (κ1) is 74.8. The second-order valence-corrected chi connectivity index (χ2v) is 25.1. The zero-order valence-electron chi connectivity index (χ0n) is 55.4. The number of imidazole rings is 1. The van der Waals surface area contributed by atoms with Gasteiger partial charge in [0.2, 0.25) is 76.9 Å². The lowest BCUT2D eigenvalue weighted by Gasteiger charge is -2.31. The number of carbonyl (C=O) groups excluding carboxylic acids is 11. The molecule has 3 aromatic heterocycles. The summed E-state index contributed by atoms with van der Waals surface area (Å²) < 4.78 is 0. The first-order chi connectivity index (χ1) is 46.8. The Morgan fingerprint density at radius 1 is 0.653 bits per heavy atom. The molecule has 2 aliphatic heterocycles. The molecule has 2 fully saturated rings. The smallest absolute Gasteiger partial charge is 0.248 e. The number of phenols is 1. The number of nitrogen functional groups attached to an aromatic ring is 1. The van der Waals surface area contributed by atoms with Crippen molar-refractivity contribution in [3.8, 4) is 5.75 Å². The molecule has 0 spiro atoms. The van der Waals surface area contributed by atoms with E-state index in [1.807, 2.05) is 27.7 Å². The van der Waals surface area contributed by atoms with Crippen molar-refractivity contribution in [2.24, 2.45) is 11.7 Å². The average Bonchev–Trinajstić information content (AvgIpc) is 1.29. The molecule has 5 aromatic rings. The number of hydrogen-bond donors (Lipinski definition) is 17. The average molecular weight is 1360 g/mol. The number of nitrogens with one attached hydrogen (secondary N) is 13. The molecule has 0 aliphatic carbocycles. The van der Waals surface area contributed by atoms with E-state index in [4.69, 9.17) is 11.5 Å². The number of unbranched alkanes of at least 4 members (excludes halogenated alkanes) is 1. The van der Waals surface area contributed by atoms with E-state index in [0.717, 1.165) is 0 Å². The summed E-state index contributed by atoms with van der Waals surface area (Å²) in [6.07, 6.45) is 7.22. The molecule has 0 saturated carbocycles. The first-order valence-corrected chi connectivity index (χ1v) is 32.7. The Balaban J connectivity index is 1.13. The summed E-state index contributed by atoms with van der Waals surface area (Å²) in [5.74, 6) is -8.49. The summed E-state index contributed by atoms with van der Waals surface area (Å²) in [6.45, 7) is 8.81. The highest BCUT2D eigenvalue weighted by molar-refractivity contribution is 5.99. The molecule has 2 aliphatic rings. The van der Waals surface area contributed by atoms with Crippen LogP contribution in [0.2, 0.25) is 0 Å². The zero-order valence-corrected chi connectivity index (χ0v) is 55.4. The van der Waals surface area contributed by atoms with Gasteiger partial charge in [0, 0.05) is 74.7 Å². The minimum Gasteiger partial charge on any atom is -0.508 e. The third-order valence-electron chi connectivity index (χ3n) is 16.4. The van der Waals surface area contributed by atoms with Crippen LogP contribution in [-0.2, 0) is 78.4 Å². The van der Waals surface area contributed by atoms with Gasteiger partial charge in [-0.25, -0.2) is 10.1 Å². The van der Waals surface area contributed by atoms with Crippen LogP contribution in [0.5, 0.6) is 5.75 Å². The Hall–Kier alpha value is -10.6. The Labute approximate surface area is 565 Å². The van der Waals surface area contributed by atoms with Crippen molar-refractivity contribution in [1.82, 2.24) is 88.2 Å². The van der Waals surface area contributed by atoms with Crippen LogP contribution in [0.15, 0.2) is 85.6 Å². The van der Waals surface area contributed by atoms with Crippen LogP contribution in [0.1, 0.15) is 108 Å². The van der Waals surface area contributed by atoms with Gasteiger partial charge < -0.3 is 90.0 Å². The Kier molecular flexibility index (Phi) is 27.9. The van der Waals surface area contributed by atoms with Crippen LogP contribution >= 0.6 is 0 Å². The van der Waals surface area contributed by atoms with E-state index < -0.39 is 126 Å². The third kappa shape index (κ3) is 23.1. The number of aromatic nitrogens is 6. The molecule has 5 heterocycles. The lowest BCUT2D eigenvalue weighted by molar-refractivity contribution is -0.142. The molecule has 11 amide bonds. The molecular formula is C65H90N20O13. The number of aliphatic hydroxyl groups is 1. The van der Waals surface area contributed by atoms with Gasteiger partial charge in [-0.1, -0.05) is 58.0 Å². The molecule has 2 aromatic carbocycles. The van der Waals surface area contributed by atoms with Crippen LogP contribution in [0.3, 0.4) is 0 Å². The van der Waals surface area contributed by atoms with E-state index in [1.54, 1.807) is 36.4 Å². The minimum absolute atomic E-state index is 0.0522. The summed E-state index contributed by atoms with van der Waals surface area (Å²) in [7, 11) is 0. The summed E-state index contributed by atoms with van der Waals surface area (Å²) in [5, 5.41) is 57.9. The number of nitrogens with two attached hydrogens (primary N) is 2. The van der Waals surface area contributed by atoms with Crippen LogP contribution in [0.25, 0.3) is 0 Å². The van der Waals surface area contributed by atoms with E-state index in [-0.39, 0.29) is 93.4 Å². The maximum atomic E-state index is 15.0. The number of likely N-dealkylation sites (tertiary alicyclic amines) is 1. The molecule has 0 bridgehead atoms. The van der Waals surface area contributed by atoms with Crippen LogP contribution in [0, 0.1) is 5.92 Å². The largest absolute Gasteiger partial charge is 0.508 e. The maximum absolute atomic E-state index is 15.0. The maximum Gasteiger partial charge on any atom is 0.248 e. The summed E-state index contributed by atoms with van der Waals surface area (Å²) in [4.78, 5) is 170. The predicted molar refractivity (Wildman–Crippen MR) is 356 cm³/mol. The van der Waals surface area contributed by atoms with Crippen molar-refractivity contribution < 1.29 is 63.0 Å². The van der Waals surface area contributed by atoms with Gasteiger partial charge in [0.15, 0.2) is 0 Å². The fourth-order valence-electron chi connectivity index (χ4n) is 11.1. The highest BCUT2D eigenvalue weighted by atomic mass is 16.3. The Bertz CT molecular complexity index is 3520. The Morgan fingerprint density at radius 3 is 1.78 bits per heavy atom. The third-order valence-corrected chi connectivity index (χ3v) is 16.4. The van der Waals surface area contributed by atoms with Gasteiger partial charge >= 0.3 is 0 Å². The normalized spacial score (nSPS) is 16.8. The molecule has 0 unspecified atom stereocenters. The van der Waals surface area contributed by atoms with Crippen molar-refractivity contribution >= 4 is 82.6 Å². The van der Waals surface area contributed by atoms with Crippen molar-refractivity contribution in [3.05, 3.63) is 108 Å². The van der Waals surface area contributed by atoms with Gasteiger partial charge in [-0.3, -0.25) is 57.7 Å². The van der Waals surface area contributed by atoms with E-state index in [0.29, 0.717) is 60.3 Å². The highest BCUT2D eigenvalue weighted by Crippen LogP contribution is 2.22. The monoisotopic (exact) mass is 1360 g/mol. The molecule has 0 radical (unpaired) electrons. The first-order valence-electron chi connectivity index (χ1n) is 32.7. The number of phenolic OH excluding ortho intramolecular Hbond substituents is 1. The highest BCUT2D eigenvalue weighted by Gasteiger charge is 2.40. The van der Waals surface area contributed by atoms with Gasteiger partial charge in [-0.15, -0.1) is 5.10 Å². The lowest BCUT2D eigenvalue weighted by Crippen LogP contribution is -2.61. The van der Waals surface area contributed by atoms with Gasteiger partial charge in [-0.2, -0.15) is 4.98 Å². The molecular weight excluding hydrogens is 1270 g/mol. The van der Waals surface area contributed by atoms with Crippen LogP contribution in [0.4, 0.5) is 17.6 Å². The quantitative estimate of drug-likeness (QED) is 0.0193. The van der Waals surface area contributed by atoms with Crippen molar-refractivity contribution in [1.29, 1.82) is 0 Å². The number of aromatic amines is 2. The summed E-state index contributed by atoms with van der Waals surface area (Å²) in [5.41, 5.74) is 13.4. The molecule has 10 atom stereocenters. The van der Waals surface area contributed by atoms with E-state index >= 15 is 0 Å². The van der Waals surface area contributed by atoms with Gasteiger partial charge in [0.05, 0.1) is 12.9 Å². The number of nitrogens with zero attached hydrogens (tertiary/aromatic N) is 5. The number of primary amides is 1. The minimum atomic E-state index is -1.82. The van der Waals surface area contributed by atoms with E-state index in [1.165, 1.54) is 61.0 Å². The molecule has 33 nitrogen and oxygen atoms in total. The van der Waals surface area contributed by atoms with Crippen molar-refractivity contribution in [2.45, 2.75) is 178 Å². The topological polar surface area (TPSA) is 499 Å². The zero-order chi connectivity index (χ0) is 71.0. The molecule has 98 heavy (non-hydrogen) atoms. The van der Waals surface area contributed by atoms with E-state index in [2.05, 4.69) is 88.6 Å². The number of pyridine rings is 1. The number of hydrogen-bond acceptors (Lipinski definition) is 20. The van der Waals surface area contributed by atoms with Gasteiger partial charge in [0.1, 0.15) is 66.2 Å². The number of amides is 11. The summed E-state index contributed by atoms with van der Waals surface area (Å²) >= 11 is 0.